The normalized spacial score (nSPS) is 10.6. The van der Waals surface area contributed by atoms with E-state index in [1.807, 2.05) is 0 Å². The molecular weight excluding hydrogens is 261 g/mol. The van der Waals surface area contributed by atoms with Crippen LogP contribution in [-0.2, 0) is 20.6 Å². The van der Waals surface area contributed by atoms with Gasteiger partial charge in [0.05, 0.1) is 5.56 Å². The van der Waals surface area contributed by atoms with Gasteiger partial charge in [-0.15, -0.1) is 0 Å². The van der Waals surface area contributed by atoms with Crippen LogP contribution in [0.1, 0.15) is 11.1 Å². The van der Waals surface area contributed by atoms with Gasteiger partial charge in [-0.3, -0.25) is 9.36 Å². The second kappa shape index (κ2) is 5.32. The van der Waals surface area contributed by atoms with Crippen LogP contribution in [0, 0.1) is 12.7 Å². The molecule has 0 spiro atoms. The zero-order valence-electron chi connectivity index (χ0n) is 11.6. The monoisotopic (exact) mass is 277 g/mol. The molecule has 0 unspecified atom stereocenters. The maximum absolute atomic E-state index is 13.2. The van der Waals surface area contributed by atoms with Crippen molar-refractivity contribution in [3.63, 3.8) is 0 Å². The average Bonchev–Trinajstić information content (AvgIpc) is 2.42. The van der Waals surface area contributed by atoms with Crippen LogP contribution >= 0.6 is 0 Å². The number of nitrogens with one attached hydrogen (secondary N) is 1. The maximum Gasteiger partial charge on any atom is 0.330 e. The van der Waals surface area contributed by atoms with E-state index in [4.69, 9.17) is 0 Å². The van der Waals surface area contributed by atoms with E-state index in [-0.39, 0.29) is 23.6 Å². The Hall–Kier alpha value is -2.37. The molecule has 2 aromatic rings. The standard InChI is InChI=1S/C14H16FN3O2/c1-9-6-11(4-5-12(9)15)16-7-10-8-17(2)14(20)18(3)13(10)19/h4-6,8,16H,7H2,1-3H3. The topological polar surface area (TPSA) is 56.0 Å². The summed E-state index contributed by atoms with van der Waals surface area (Å²) in [6, 6.07) is 4.65. The van der Waals surface area contributed by atoms with Gasteiger partial charge in [0.25, 0.3) is 5.56 Å². The summed E-state index contributed by atoms with van der Waals surface area (Å²) in [5, 5.41) is 3.05. The lowest BCUT2D eigenvalue weighted by Crippen LogP contribution is -2.38. The van der Waals surface area contributed by atoms with Crippen molar-refractivity contribution in [3.8, 4) is 0 Å². The van der Waals surface area contributed by atoms with Crippen LogP contribution in [0.2, 0.25) is 0 Å². The minimum absolute atomic E-state index is 0.270. The molecule has 0 amide bonds. The number of benzene rings is 1. The Morgan fingerprint density at radius 3 is 2.60 bits per heavy atom. The third kappa shape index (κ3) is 2.64. The first-order valence-corrected chi connectivity index (χ1v) is 6.15. The number of aromatic nitrogens is 2. The summed E-state index contributed by atoms with van der Waals surface area (Å²) in [6.45, 7) is 1.94. The highest BCUT2D eigenvalue weighted by atomic mass is 19.1. The molecule has 106 valence electrons. The van der Waals surface area contributed by atoms with Gasteiger partial charge in [-0.25, -0.2) is 9.18 Å². The molecular formula is C14H16FN3O2. The van der Waals surface area contributed by atoms with Gasteiger partial charge in [-0.05, 0) is 30.7 Å². The molecule has 1 heterocycles. The van der Waals surface area contributed by atoms with Crippen molar-refractivity contribution in [3.05, 3.63) is 62.2 Å². The van der Waals surface area contributed by atoms with E-state index in [0.29, 0.717) is 11.1 Å². The van der Waals surface area contributed by atoms with Crippen molar-refractivity contribution in [2.24, 2.45) is 14.1 Å². The Labute approximate surface area is 115 Å². The molecule has 0 aliphatic carbocycles. The summed E-state index contributed by atoms with van der Waals surface area (Å²) in [5.41, 5.74) is 1.02. The van der Waals surface area contributed by atoms with E-state index in [2.05, 4.69) is 5.32 Å². The smallest absolute Gasteiger partial charge is 0.330 e. The molecule has 0 aliphatic rings. The molecule has 1 N–H and O–H groups in total. The predicted octanol–water partition coefficient (Wildman–Crippen LogP) is 1.14. The van der Waals surface area contributed by atoms with Crippen LogP contribution in [0.25, 0.3) is 0 Å². The Morgan fingerprint density at radius 2 is 1.95 bits per heavy atom. The highest BCUT2D eigenvalue weighted by molar-refractivity contribution is 5.46. The van der Waals surface area contributed by atoms with Gasteiger partial charge in [-0.2, -0.15) is 0 Å². The van der Waals surface area contributed by atoms with E-state index in [1.165, 1.54) is 23.9 Å². The number of hydrogen-bond acceptors (Lipinski definition) is 3. The van der Waals surface area contributed by atoms with Crippen molar-refractivity contribution in [2.75, 3.05) is 5.32 Å². The van der Waals surface area contributed by atoms with Gasteiger partial charge in [0.1, 0.15) is 5.82 Å². The number of nitrogens with zero attached hydrogens (tertiary/aromatic N) is 2. The molecule has 0 saturated carbocycles. The lowest BCUT2D eigenvalue weighted by atomic mass is 10.2. The van der Waals surface area contributed by atoms with Crippen LogP contribution in [0.4, 0.5) is 10.1 Å². The third-order valence-electron chi connectivity index (χ3n) is 3.16. The summed E-state index contributed by atoms with van der Waals surface area (Å²) < 4.78 is 15.6. The molecule has 0 saturated heterocycles. The molecule has 5 nitrogen and oxygen atoms in total. The van der Waals surface area contributed by atoms with Gasteiger partial charge in [0.15, 0.2) is 0 Å². The number of anilines is 1. The fourth-order valence-electron chi connectivity index (χ4n) is 1.96. The fraction of sp³-hybridized carbons (Fsp3) is 0.286. The average molecular weight is 277 g/mol. The number of aryl methyl sites for hydroxylation is 2. The second-order valence-corrected chi connectivity index (χ2v) is 4.73. The summed E-state index contributed by atoms with van der Waals surface area (Å²) in [5.74, 6) is -0.270. The Bertz CT molecular complexity index is 762. The van der Waals surface area contributed by atoms with Gasteiger partial charge < -0.3 is 9.88 Å². The summed E-state index contributed by atoms with van der Waals surface area (Å²) in [6.07, 6.45) is 1.51. The lowest BCUT2D eigenvalue weighted by Gasteiger charge is -2.09. The van der Waals surface area contributed by atoms with Crippen molar-refractivity contribution >= 4 is 5.69 Å². The first-order valence-electron chi connectivity index (χ1n) is 6.15. The van der Waals surface area contributed by atoms with Gasteiger partial charge in [-0.1, -0.05) is 0 Å². The molecule has 0 bridgehead atoms. The Morgan fingerprint density at radius 1 is 1.25 bits per heavy atom. The number of hydrogen-bond donors (Lipinski definition) is 1. The summed E-state index contributed by atoms with van der Waals surface area (Å²) >= 11 is 0. The molecule has 1 aromatic carbocycles. The molecule has 0 fully saturated rings. The third-order valence-corrected chi connectivity index (χ3v) is 3.16. The molecule has 6 heteroatoms. The molecule has 20 heavy (non-hydrogen) atoms. The highest BCUT2D eigenvalue weighted by Crippen LogP contribution is 2.13. The quantitative estimate of drug-likeness (QED) is 0.915. The number of halogens is 1. The second-order valence-electron chi connectivity index (χ2n) is 4.73. The molecule has 1 aromatic heterocycles. The van der Waals surface area contributed by atoms with Crippen molar-refractivity contribution < 1.29 is 4.39 Å². The van der Waals surface area contributed by atoms with Gasteiger partial charge in [0.2, 0.25) is 0 Å². The van der Waals surface area contributed by atoms with Crippen LogP contribution in [0.3, 0.4) is 0 Å². The van der Waals surface area contributed by atoms with Crippen LogP contribution < -0.4 is 16.6 Å². The largest absolute Gasteiger partial charge is 0.381 e. The van der Waals surface area contributed by atoms with Crippen LogP contribution in [0.15, 0.2) is 34.0 Å². The summed E-state index contributed by atoms with van der Waals surface area (Å²) in [4.78, 5) is 23.5. The molecule has 2 rings (SSSR count). The van der Waals surface area contributed by atoms with E-state index >= 15 is 0 Å². The minimum atomic E-state index is -0.364. The van der Waals surface area contributed by atoms with E-state index in [0.717, 1.165) is 10.3 Å². The summed E-state index contributed by atoms with van der Waals surface area (Å²) in [7, 11) is 3.03. The van der Waals surface area contributed by atoms with Crippen LogP contribution in [0.5, 0.6) is 0 Å². The highest BCUT2D eigenvalue weighted by Gasteiger charge is 2.07. The van der Waals surface area contributed by atoms with Crippen molar-refractivity contribution in [2.45, 2.75) is 13.5 Å². The van der Waals surface area contributed by atoms with Gasteiger partial charge >= 0.3 is 5.69 Å². The van der Waals surface area contributed by atoms with Crippen molar-refractivity contribution in [1.29, 1.82) is 0 Å². The van der Waals surface area contributed by atoms with E-state index in [9.17, 15) is 14.0 Å². The SMILES string of the molecule is Cc1cc(NCc2cn(C)c(=O)n(C)c2=O)ccc1F. The minimum Gasteiger partial charge on any atom is -0.381 e. The first kappa shape index (κ1) is 14.0. The Balaban J connectivity index is 2.25. The molecule has 0 atom stereocenters. The first-order chi connectivity index (χ1) is 9.40. The maximum atomic E-state index is 13.2. The molecule has 0 radical (unpaired) electrons. The molecule has 0 aliphatic heterocycles. The van der Waals surface area contributed by atoms with Crippen LogP contribution in [-0.4, -0.2) is 9.13 Å². The predicted molar refractivity (Wildman–Crippen MR) is 75.4 cm³/mol. The van der Waals surface area contributed by atoms with Gasteiger partial charge in [0, 0.05) is 32.5 Å². The zero-order chi connectivity index (χ0) is 14.9. The van der Waals surface area contributed by atoms with Crippen molar-refractivity contribution in [1.82, 2.24) is 9.13 Å². The zero-order valence-corrected chi connectivity index (χ0v) is 11.6. The van der Waals surface area contributed by atoms with E-state index < -0.39 is 0 Å². The fourth-order valence-corrected chi connectivity index (χ4v) is 1.96. The Kier molecular flexibility index (Phi) is 3.74. The number of rotatable bonds is 3. The lowest BCUT2D eigenvalue weighted by molar-refractivity contribution is 0.618. The van der Waals surface area contributed by atoms with E-state index in [1.54, 1.807) is 26.1 Å².